The van der Waals surface area contributed by atoms with Crippen LogP contribution >= 0.6 is 11.6 Å². The smallest absolute Gasteiger partial charge is 0.252 e. The molecule has 0 saturated carbocycles. The lowest BCUT2D eigenvalue weighted by Crippen LogP contribution is -2.35. The van der Waals surface area contributed by atoms with Gasteiger partial charge in [-0.25, -0.2) is 0 Å². The number of carbonyl (C=O) groups excluding carboxylic acids is 2. The summed E-state index contributed by atoms with van der Waals surface area (Å²) in [6.45, 7) is 0.863. The molecule has 0 radical (unpaired) electrons. The van der Waals surface area contributed by atoms with Crippen molar-refractivity contribution in [3.8, 4) is 0 Å². The number of anilines is 1. The summed E-state index contributed by atoms with van der Waals surface area (Å²) in [6.07, 6.45) is 1.84. The fourth-order valence-electron chi connectivity index (χ4n) is 2.05. The molecule has 1 aromatic carbocycles. The van der Waals surface area contributed by atoms with E-state index in [4.69, 9.17) is 11.6 Å². The Balaban J connectivity index is 2.12. The molecule has 1 fully saturated rings. The van der Waals surface area contributed by atoms with Gasteiger partial charge in [0.1, 0.15) is 0 Å². The summed E-state index contributed by atoms with van der Waals surface area (Å²) in [7, 11) is 1.53. The van der Waals surface area contributed by atoms with Crippen LogP contribution in [0.3, 0.4) is 0 Å². The van der Waals surface area contributed by atoms with Gasteiger partial charge >= 0.3 is 0 Å². The summed E-state index contributed by atoms with van der Waals surface area (Å²) in [5, 5.41) is 8.78. The Morgan fingerprint density at radius 1 is 1.42 bits per heavy atom. The molecule has 0 aliphatic carbocycles. The Bertz CT molecular complexity index is 499. The number of benzene rings is 1. The molecule has 1 aliphatic rings. The molecule has 102 valence electrons. The second kappa shape index (κ2) is 6.04. The molecule has 0 bridgehead atoms. The Morgan fingerprint density at radius 3 is 2.84 bits per heavy atom. The average molecular weight is 282 g/mol. The summed E-state index contributed by atoms with van der Waals surface area (Å²) >= 11 is 5.95. The van der Waals surface area contributed by atoms with Gasteiger partial charge in [0, 0.05) is 12.7 Å². The number of amides is 2. The normalized spacial score (nSPS) is 18.1. The second-order valence-corrected chi connectivity index (χ2v) is 4.82. The first-order valence-electron chi connectivity index (χ1n) is 6.17. The van der Waals surface area contributed by atoms with E-state index in [1.807, 2.05) is 0 Å². The number of hydrogen-bond donors (Lipinski definition) is 3. The zero-order valence-corrected chi connectivity index (χ0v) is 11.4. The van der Waals surface area contributed by atoms with Crippen molar-refractivity contribution in [3.63, 3.8) is 0 Å². The SMILES string of the molecule is CNC(=O)c1cc(NC(=O)[C@@H]2CCCN2)ccc1Cl. The van der Waals surface area contributed by atoms with Gasteiger partial charge in [0.05, 0.1) is 16.6 Å². The molecule has 2 rings (SSSR count). The third-order valence-corrected chi connectivity index (χ3v) is 3.41. The Kier molecular flexibility index (Phi) is 4.39. The number of hydrogen-bond acceptors (Lipinski definition) is 3. The van der Waals surface area contributed by atoms with E-state index in [-0.39, 0.29) is 17.9 Å². The lowest BCUT2D eigenvalue weighted by Gasteiger charge is -2.12. The Morgan fingerprint density at radius 2 is 2.21 bits per heavy atom. The lowest BCUT2D eigenvalue weighted by atomic mass is 10.1. The van der Waals surface area contributed by atoms with E-state index in [1.54, 1.807) is 18.2 Å². The lowest BCUT2D eigenvalue weighted by molar-refractivity contribution is -0.117. The van der Waals surface area contributed by atoms with E-state index in [0.29, 0.717) is 16.3 Å². The van der Waals surface area contributed by atoms with Gasteiger partial charge in [-0.05, 0) is 37.6 Å². The van der Waals surface area contributed by atoms with Gasteiger partial charge in [-0.15, -0.1) is 0 Å². The first-order chi connectivity index (χ1) is 9.11. The maximum absolute atomic E-state index is 11.9. The monoisotopic (exact) mass is 281 g/mol. The van der Waals surface area contributed by atoms with Crippen molar-refractivity contribution in [1.82, 2.24) is 10.6 Å². The Labute approximate surface area is 116 Å². The zero-order chi connectivity index (χ0) is 13.8. The molecule has 6 heteroatoms. The fourth-order valence-corrected chi connectivity index (χ4v) is 2.25. The van der Waals surface area contributed by atoms with Crippen LogP contribution in [-0.2, 0) is 4.79 Å². The van der Waals surface area contributed by atoms with Crippen LogP contribution in [0.1, 0.15) is 23.2 Å². The van der Waals surface area contributed by atoms with Crippen LogP contribution in [0.15, 0.2) is 18.2 Å². The van der Waals surface area contributed by atoms with E-state index < -0.39 is 0 Å². The van der Waals surface area contributed by atoms with Gasteiger partial charge < -0.3 is 16.0 Å². The van der Waals surface area contributed by atoms with Gasteiger partial charge in [-0.2, -0.15) is 0 Å². The summed E-state index contributed by atoms with van der Waals surface area (Å²) in [5.41, 5.74) is 0.919. The number of nitrogens with one attached hydrogen (secondary N) is 3. The van der Waals surface area contributed by atoms with Crippen LogP contribution < -0.4 is 16.0 Å². The average Bonchev–Trinajstić information content (AvgIpc) is 2.94. The minimum absolute atomic E-state index is 0.0809. The molecule has 3 N–H and O–H groups in total. The van der Waals surface area contributed by atoms with Gasteiger partial charge in [0.2, 0.25) is 5.91 Å². The van der Waals surface area contributed by atoms with Gasteiger partial charge in [-0.3, -0.25) is 9.59 Å². The topological polar surface area (TPSA) is 70.2 Å². The number of rotatable bonds is 3. The largest absolute Gasteiger partial charge is 0.355 e. The van der Waals surface area contributed by atoms with Crippen LogP contribution in [0, 0.1) is 0 Å². The molecule has 0 aromatic heterocycles. The Hall–Kier alpha value is -1.59. The standard InChI is InChI=1S/C13H16ClN3O2/c1-15-12(18)9-7-8(4-5-10(9)14)17-13(19)11-3-2-6-16-11/h4-5,7,11,16H,2-3,6H2,1H3,(H,15,18)(H,17,19)/t11-/m0/s1. The van der Waals surface area contributed by atoms with E-state index >= 15 is 0 Å². The molecule has 1 aromatic rings. The maximum Gasteiger partial charge on any atom is 0.252 e. The van der Waals surface area contributed by atoms with Crippen LogP contribution in [0.25, 0.3) is 0 Å². The third kappa shape index (κ3) is 3.24. The zero-order valence-electron chi connectivity index (χ0n) is 10.6. The summed E-state index contributed by atoms with van der Waals surface area (Å²) < 4.78 is 0. The highest BCUT2D eigenvalue weighted by Gasteiger charge is 2.22. The molecule has 0 unspecified atom stereocenters. The molecule has 0 spiro atoms. The predicted octanol–water partition coefficient (Wildman–Crippen LogP) is 1.39. The molecular formula is C13H16ClN3O2. The minimum Gasteiger partial charge on any atom is -0.355 e. The molecule has 1 saturated heterocycles. The van der Waals surface area contributed by atoms with Crippen LogP contribution in [-0.4, -0.2) is 31.4 Å². The molecule has 1 aliphatic heterocycles. The van der Waals surface area contributed by atoms with Gasteiger partial charge in [0.25, 0.3) is 5.91 Å². The predicted molar refractivity (Wildman–Crippen MR) is 74.5 cm³/mol. The van der Waals surface area contributed by atoms with E-state index in [1.165, 1.54) is 7.05 Å². The van der Waals surface area contributed by atoms with Crippen molar-refractivity contribution < 1.29 is 9.59 Å². The van der Waals surface area contributed by atoms with E-state index in [2.05, 4.69) is 16.0 Å². The van der Waals surface area contributed by atoms with Gasteiger partial charge in [0.15, 0.2) is 0 Å². The molecule has 5 nitrogen and oxygen atoms in total. The highest BCUT2D eigenvalue weighted by atomic mass is 35.5. The highest BCUT2D eigenvalue weighted by Crippen LogP contribution is 2.21. The minimum atomic E-state index is -0.278. The van der Waals surface area contributed by atoms with Crippen molar-refractivity contribution in [2.45, 2.75) is 18.9 Å². The maximum atomic E-state index is 11.9. The quantitative estimate of drug-likeness (QED) is 0.784. The summed E-state index contributed by atoms with van der Waals surface area (Å²) in [6, 6.07) is 4.71. The van der Waals surface area contributed by atoms with Crippen LogP contribution in [0.4, 0.5) is 5.69 Å². The molecule has 1 heterocycles. The summed E-state index contributed by atoms with van der Waals surface area (Å²) in [4.78, 5) is 23.6. The molecule has 2 amide bonds. The van der Waals surface area contributed by atoms with Crippen LogP contribution in [0.2, 0.25) is 5.02 Å². The van der Waals surface area contributed by atoms with E-state index in [0.717, 1.165) is 19.4 Å². The van der Waals surface area contributed by atoms with Crippen molar-refractivity contribution >= 4 is 29.1 Å². The number of halogens is 1. The van der Waals surface area contributed by atoms with Crippen molar-refractivity contribution in [3.05, 3.63) is 28.8 Å². The van der Waals surface area contributed by atoms with Crippen molar-refractivity contribution in [2.24, 2.45) is 0 Å². The molecule has 19 heavy (non-hydrogen) atoms. The molecule has 1 atom stereocenters. The summed E-state index contributed by atoms with van der Waals surface area (Å²) in [5.74, 6) is -0.359. The second-order valence-electron chi connectivity index (χ2n) is 4.41. The van der Waals surface area contributed by atoms with Crippen LogP contribution in [0.5, 0.6) is 0 Å². The van der Waals surface area contributed by atoms with Gasteiger partial charge in [-0.1, -0.05) is 11.6 Å². The highest BCUT2D eigenvalue weighted by molar-refractivity contribution is 6.34. The number of carbonyl (C=O) groups is 2. The van der Waals surface area contributed by atoms with E-state index in [9.17, 15) is 9.59 Å². The fraction of sp³-hybridized carbons (Fsp3) is 0.385. The first kappa shape index (κ1) is 13.8. The van der Waals surface area contributed by atoms with Crippen molar-refractivity contribution in [1.29, 1.82) is 0 Å². The first-order valence-corrected chi connectivity index (χ1v) is 6.55. The molecular weight excluding hydrogens is 266 g/mol. The third-order valence-electron chi connectivity index (χ3n) is 3.08. The van der Waals surface area contributed by atoms with Crippen molar-refractivity contribution in [2.75, 3.05) is 18.9 Å².